The van der Waals surface area contributed by atoms with Gasteiger partial charge in [0.1, 0.15) is 5.82 Å². The molecule has 0 saturated heterocycles. The van der Waals surface area contributed by atoms with Crippen molar-refractivity contribution < 1.29 is 9.90 Å². The number of carboxylic acids is 1. The minimum Gasteiger partial charge on any atom is -0.478 e. The molecule has 0 radical (unpaired) electrons. The van der Waals surface area contributed by atoms with E-state index in [1.54, 1.807) is 0 Å². The van der Waals surface area contributed by atoms with Crippen molar-refractivity contribution in [3.05, 3.63) is 17.8 Å². The van der Waals surface area contributed by atoms with E-state index in [0.717, 1.165) is 19.3 Å². The maximum Gasteiger partial charge on any atom is 0.337 e. The number of hydrogen-bond donors (Lipinski definition) is 3. The Labute approximate surface area is 100 Å². The van der Waals surface area contributed by atoms with Crippen LogP contribution >= 0.6 is 0 Å². The summed E-state index contributed by atoms with van der Waals surface area (Å²) in [5.41, 5.74) is 6.43. The van der Waals surface area contributed by atoms with E-state index in [1.165, 1.54) is 18.7 Å². The molecule has 0 aromatic carbocycles. The summed E-state index contributed by atoms with van der Waals surface area (Å²) in [6.07, 6.45) is 5.81. The number of hydrogen-bond acceptors (Lipinski definition) is 4. The largest absolute Gasteiger partial charge is 0.478 e. The van der Waals surface area contributed by atoms with Crippen LogP contribution < -0.4 is 11.1 Å². The molecule has 0 amide bonds. The zero-order valence-corrected chi connectivity index (χ0v) is 9.86. The van der Waals surface area contributed by atoms with E-state index in [9.17, 15) is 4.79 Å². The highest BCUT2D eigenvalue weighted by Gasteiger charge is 2.35. The van der Waals surface area contributed by atoms with Crippen LogP contribution in [0.15, 0.2) is 12.3 Å². The van der Waals surface area contributed by atoms with Gasteiger partial charge in [-0.3, -0.25) is 0 Å². The van der Waals surface area contributed by atoms with Gasteiger partial charge in [0.2, 0.25) is 0 Å². The van der Waals surface area contributed by atoms with Crippen molar-refractivity contribution in [2.24, 2.45) is 0 Å². The SMILES string of the molecule is CCC1(Nc2ncc(C(=O)O)cc2N)CCC1. The van der Waals surface area contributed by atoms with E-state index in [4.69, 9.17) is 10.8 Å². The van der Waals surface area contributed by atoms with Crippen LogP contribution in [0.25, 0.3) is 0 Å². The first kappa shape index (κ1) is 11.7. The first-order valence-corrected chi connectivity index (χ1v) is 5.83. The minimum atomic E-state index is -1.01. The Hall–Kier alpha value is -1.78. The Kier molecular flexibility index (Phi) is 2.92. The molecule has 1 fully saturated rings. The molecule has 0 spiro atoms. The third-order valence-electron chi connectivity index (χ3n) is 3.54. The molecular formula is C12H17N3O2. The molecule has 17 heavy (non-hydrogen) atoms. The molecule has 5 heteroatoms. The topological polar surface area (TPSA) is 88.2 Å². The molecule has 4 N–H and O–H groups in total. The van der Waals surface area contributed by atoms with Crippen LogP contribution in [0.4, 0.5) is 11.5 Å². The number of aromatic nitrogens is 1. The summed E-state index contributed by atoms with van der Waals surface area (Å²) >= 11 is 0. The quantitative estimate of drug-likeness (QED) is 0.743. The van der Waals surface area contributed by atoms with Crippen molar-refractivity contribution >= 4 is 17.5 Å². The summed E-state index contributed by atoms with van der Waals surface area (Å²) in [6.45, 7) is 2.13. The highest BCUT2D eigenvalue weighted by atomic mass is 16.4. The lowest BCUT2D eigenvalue weighted by Crippen LogP contribution is -2.44. The minimum absolute atomic E-state index is 0.103. The van der Waals surface area contributed by atoms with E-state index in [1.807, 2.05) is 0 Å². The average molecular weight is 235 g/mol. The number of nitrogens with one attached hydrogen (secondary N) is 1. The Balaban J connectivity index is 2.19. The fraction of sp³-hybridized carbons (Fsp3) is 0.500. The predicted octanol–water partition coefficient (Wildman–Crippen LogP) is 2.11. The molecule has 1 heterocycles. The fourth-order valence-electron chi connectivity index (χ4n) is 2.12. The second-order valence-electron chi connectivity index (χ2n) is 4.58. The number of anilines is 2. The fourth-order valence-corrected chi connectivity index (χ4v) is 2.12. The van der Waals surface area contributed by atoms with Crippen molar-refractivity contribution in [2.45, 2.75) is 38.1 Å². The highest BCUT2D eigenvalue weighted by Crippen LogP contribution is 2.38. The predicted molar refractivity (Wildman–Crippen MR) is 66.1 cm³/mol. The lowest BCUT2D eigenvalue weighted by atomic mass is 9.75. The van der Waals surface area contributed by atoms with Gasteiger partial charge in [-0.1, -0.05) is 6.92 Å². The van der Waals surface area contributed by atoms with Gasteiger partial charge in [0.25, 0.3) is 0 Å². The van der Waals surface area contributed by atoms with Crippen molar-refractivity contribution in [2.75, 3.05) is 11.1 Å². The second-order valence-corrected chi connectivity index (χ2v) is 4.58. The van der Waals surface area contributed by atoms with Gasteiger partial charge >= 0.3 is 5.97 Å². The Morgan fingerprint density at radius 3 is 2.76 bits per heavy atom. The van der Waals surface area contributed by atoms with Gasteiger partial charge in [-0.15, -0.1) is 0 Å². The second kappa shape index (κ2) is 4.24. The number of nitrogen functional groups attached to an aromatic ring is 1. The standard InChI is InChI=1S/C12H17N3O2/c1-2-12(4-3-5-12)15-10-9(13)6-8(7-14-10)11(16)17/h6-7H,2-5,13H2,1H3,(H,14,15)(H,16,17). The maximum absolute atomic E-state index is 10.8. The summed E-state index contributed by atoms with van der Waals surface area (Å²) in [4.78, 5) is 14.9. The number of nitrogens with zero attached hydrogens (tertiary/aromatic N) is 1. The summed E-state index contributed by atoms with van der Waals surface area (Å²) in [5.74, 6) is -0.416. The molecule has 1 aromatic rings. The third kappa shape index (κ3) is 2.18. The van der Waals surface area contributed by atoms with E-state index in [2.05, 4.69) is 17.2 Å². The number of nitrogens with two attached hydrogens (primary N) is 1. The van der Waals surface area contributed by atoms with Crippen LogP contribution in [0.1, 0.15) is 43.0 Å². The van der Waals surface area contributed by atoms with Gasteiger partial charge in [0.05, 0.1) is 11.3 Å². The molecule has 1 aliphatic rings. The van der Waals surface area contributed by atoms with E-state index < -0.39 is 5.97 Å². The van der Waals surface area contributed by atoms with Gasteiger partial charge in [-0.05, 0) is 31.7 Å². The van der Waals surface area contributed by atoms with Gasteiger partial charge in [-0.2, -0.15) is 0 Å². The van der Waals surface area contributed by atoms with Crippen LogP contribution in [0.3, 0.4) is 0 Å². The van der Waals surface area contributed by atoms with Crippen molar-refractivity contribution in [3.63, 3.8) is 0 Å². The van der Waals surface area contributed by atoms with Gasteiger partial charge in [-0.25, -0.2) is 9.78 Å². The molecule has 0 atom stereocenters. The summed E-state index contributed by atoms with van der Waals surface area (Å²) in [7, 11) is 0. The number of aromatic carboxylic acids is 1. The molecule has 0 unspecified atom stereocenters. The number of carboxylic acid groups (broad SMARTS) is 1. The molecule has 5 nitrogen and oxygen atoms in total. The molecule has 1 aliphatic carbocycles. The third-order valence-corrected chi connectivity index (χ3v) is 3.54. The van der Waals surface area contributed by atoms with Crippen LogP contribution in [-0.2, 0) is 0 Å². The normalized spacial score (nSPS) is 17.2. The van der Waals surface area contributed by atoms with Gasteiger partial charge in [0, 0.05) is 11.7 Å². The van der Waals surface area contributed by atoms with E-state index in [-0.39, 0.29) is 11.1 Å². The maximum atomic E-state index is 10.8. The zero-order chi connectivity index (χ0) is 12.5. The van der Waals surface area contributed by atoms with Gasteiger partial charge < -0.3 is 16.2 Å². The monoisotopic (exact) mass is 235 g/mol. The van der Waals surface area contributed by atoms with Crippen LogP contribution in [-0.4, -0.2) is 21.6 Å². The average Bonchev–Trinajstić information content (AvgIpc) is 2.25. The number of carbonyl (C=O) groups is 1. The van der Waals surface area contributed by atoms with Gasteiger partial charge in [0.15, 0.2) is 0 Å². The Bertz CT molecular complexity index is 436. The smallest absolute Gasteiger partial charge is 0.337 e. The van der Waals surface area contributed by atoms with E-state index >= 15 is 0 Å². The summed E-state index contributed by atoms with van der Waals surface area (Å²) < 4.78 is 0. The van der Waals surface area contributed by atoms with E-state index in [0.29, 0.717) is 11.5 Å². The van der Waals surface area contributed by atoms with Crippen molar-refractivity contribution in [1.29, 1.82) is 0 Å². The lowest BCUT2D eigenvalue weighted by Gasteiger charge is -2.42. The summed E-state index contributed by atoms with van der Waals surface area (Å²) in [6, 6.07) is 1.44. The molecule has 0 bridgehead atoms. The molecular weight excluding hydrogens is 218 g/mol. The molecule has 92 valence electrons. The van der Waals surface area contributed by atoms with Crippen molar-refractivity contribution in [3.8, 4) is 0 Å². The van der Waals surface area contributed by atoms with Crippen LogP contribution in [0.5, 0.6) is 0 Å². The summed E-state index contributed by atoms with van der Waals surface area (Å²) in [5, 5.41) is 12.2. The first-order chi connectivity index (χ1) is 8.06. The van der Waals surface area contributed by atoms with Crippen LogP contribution in [0.2, 0.25) is 0 Å². The zero-order valence-electron chi connectivity index (χ0n) is 9.86. The Morgan fingerprint density at radius 2 is 2.35 bits per heavy atom. The lowest BCUT2D eigenvalue weighted by molar-refractivity contribution is 0.0696. The van der Waals surface area contributed by atoms with Crippen molar-refractivity contribution in [1.82, 2.24) is 4.98 Å². The van der Waals surface area contributed by atoms with Crippen LogP contribution in [0, 0.1) is 0 Å². The highest BCUT2D eigenvalue weighted by molar-refractivity contribution is 5.89. The molecule has 2 rings (SSSR count). The molecule has 0 aliphatic heterocycles. The molecule has 1 aromatic heterocycles. The molecule has 1 saturated carbocycles. The number of pyridine rings is 1. The Morgan fingerprint density at radius 1 is 1.65 bits per heavy atom. The first-order valence-electron chi connectivity index (χ1n) is 5.83. The number of rotatable bonds is 4.